The van der Waals surface area contributed by atoms with Gasteiger partial charge in [0.2, 0.25) is 0 Å². The number of Topliss-reactive ketones (excluding diaryl/α,β-unsaturated/α-hetero) is 1. The molecule has 1 N–H and O–H groups in total. The van der Waals surface area contributed by atoms with Gasteiger partial charge in [0.05, 0.1) is 18.4 Å². The number of hydrogen-bond donors (Lipinski definition) is 1. The van der Waals surface area contributed by atoms with Crippen LogP contribution in [0.1, 0.15) is 11.1 Å². The van der Waals surface area contributed by atoms with Crippen LogP contribution in [0.15, 0.2) is 78.0 Å². The molecule has 0 atom stereocenters. The van der Waals surface area contributed by atoms with E-state index in [2.05, 4.69) is 22.3 Å². The summed E-state index contributed by atoms with van der Waals surface area (Å²) in [6, 6.07) is 22.4. The molecule has 1 aromatic heterocycles. The number of phenols is 1. The van der Waals surface area contributed by atoms with Crippen molar-refractivity contribution in [1.82, 2.24) is 14.8 Å². The summed E-state index contributed by atoms with van der Waals surface area (Å²) in [6.45, 7) is 0.610. The zero-order valence-electron chi connectivity index (χ0n) is 18.6. The van der Waals surface area contributed by atoms with E-state index in [1.54, 1.807) is 37.4 Å². The predicted octanol–water partition coefficient (Wildman–Crippen LogP) is 5.46. The molecule has 3 aromatic carbocycles. The highest BCUT2D eigenvalue weighted by atomic mass is 35.5. The van der Waals surface area contributed by atoms with E-state index in [0.717, 1.165) is 12.0 Å². The molecule has 0 saturated carbocycles. The molecule has 1 heterocycles. The molecule has 8 heteroatoms. The molecule has 0 bridgehead atoms. The maximum absolute atomic E-state index is 12.8. The largest absolute Gasteiger partial charge is 0.507 e. The molecular weight excluding hydrogens is 470 g/mol. The van der Waals surface area contributed by atoms with Crippen molar-refractivity contribution in [1.29, 1.82) is 0 Å². The Hall–Kier alpha value is -3.29. The second-order valence-corrected chi connectivity index (χ2v) is 9.05. The highest BCUT2D eigenvalue weighted by molar-refractivity contribution is 7.99. The van der Waals surface area contributed by atoms with Crippen LogP contribution in [-0.2, 0) is 24.2 Å². The smallest absolute Gasteiger partial charge is 0.191 e. The van der Waals surface area contributed by atoms with Gasteiger partial charge >= 0.3 is 0 Å². The topological polar surface area (TPSA) is 77.2 Å². The van der Waals surface area contributed by atoms with Crippen molar-refractivity contribution in [2.45, 2.75) is 24.5 Å². The average Bonchev–Trinajstić information content (AvgIpc) is 3.25. The van der Waals surface area contributed by atoms with Gasteiger partial charge in [-0.25, -0.2) is 0 Å². The van der Waals surface area contributed by atoms with Crippen molar-refractivity contribution < 1.29 is 14.6 Å². The molecule has 34 heavy (non-hydrogen) atoms. The third-order valence-electron chi connectivity index (χ3n) is 5.32. The third kappa shape index (κ3) is 5.79. The van der Waals surface area contributed by atoms with Crippen LogP contribution in [0, 0.1) is 0 Å². The van der Waals surface area contributed by atoms with Crippen LogP contribution < -0.4 is 4.74 Å². The Morgan fingerprint density at radius 1 is 1.06 bits per heavy atom. The van der Waals surface area contributed by atoms with Gasteiger partial charge in [-0.1, -0.05) is 65.8 Å². The number of nitrogens with zero attached hydrogens (tertiary/aromatic N) is 3. The van der Waals surface area contributed by atoms with Gasteiger partial charge < -0.3 is 14.4 Å². The monoisotopic (exact) mass is 493 g/mol. The number of methoxy groups -OCH3 is 1. The van der Waals surface area contributed by atoms with Crippen LogP contribution in [0.25, 0.3) is 11.4 Å². The number of thioether (sulfide) groups is 1. The Morgan fingerprint density at radius 2 is 1.82 bits per heavy atom. The van der Waals surface area contributed by atoms with Crippen molar-refractivity contribution >= 4 is 29.1 Å². The number of phenolic OH excluding ortho intramolecular Hbond substituents is 1. The summed E-state index contributed by atoms with van der Waals surface area (Å²) in [5.41, 5.74) is 2.53. The first-order valence-electron chi connectivity index (χ1n) is 10.8. The average molecular weight is 494 g/mol. The Kier molecular flexibility index (Phi) is 7.87. The van der Waals surface area contributed by atoms with Gasteiger partial charge in [0.25, 0.3) is 0 Å². The highest BCUT2D eigenvalue weighted by Crippen LogP contribution is 2.31. The van der Waals surface area contributed by atoms with Gasteiger partial charge in [0, 0.05) is 23.6 Å². The Bertz CT molecular complexity index is 1280. The molecule has 0 aliphatic carbocycles. The summed E-state index contributed by atoms with van der Waals surface area (Å²) in [5, 5.41) is 20.2. The summed E-state index contributed by atoms with van der Waals surface area (Å²) < 4.78 is 7.31. The molecule has 0 fully saturated rings. The van der Waals surface area contributed by atoms with Gasteiger partial charge in [-0.3, -0.25) is 4.79 Å². The van der Waals surface area contributed by atoms with Crippen LogP contribution in [0.2, 0.25) is 5.02 Å². The Balaban J connectivity index is 1.53. The molecule has 0 aliphatic rings. The molecule has 6 nitrogen and oxygen atoms in total. The van der Waals surface area contributed by atoms with Gasteiger partial charge in [-0.2, -0.15) is 0 Å². The third-order valence-corrected chi connectivity index (χ3v) is 6.58. The lowest BCUT2D eigenvalue weighted by molar-refractivity contribution is -0.116. The van der Waals surface area contributed by atoms with E-state index in [9.17, 15) is 9.90 Å². The number of aromatic nitrogens is 3. The first kappa shape index (κ1) is 23.9. The Labute approximate surface area is 207 Å². The standard InChI is InChI=1S/C26H24ClN3O3S/c1-33-24-12-11-20(27)15-19(24)16-21(31)17-34-26-29-28-25(22-9-5-6-10-23(22)32)30(26)14-13-18-7-3-2-4-8-18/h2-12,15,32H,13-14,16-17H2,1H3. The van der Waals surface area contributed by atoms with Gasteiger partial charge in [-0.15, -0.1) is 10.2 Å². The fraction of sp³-hybridized carbons (Fsp3) is 0.192. The maximum Gasteiger partial charge on any atom is 0.191 e. The summed E-state index contributed by atoms with van der Waals surface area (Å²) >= 11 is 7.43. The number of aromatic hydroxyl groups is 1. The molecule has 0 spiro atoms. The van der Waals surface area contributed by atoms with Gasteiger partial charge in [0.15, 0.2) is 11.0 Å². The van der Waals surface area contributed by atoms with Crippen LogP contribution in [0.5, 0.6) is 11.5 Å². The minimum absolute atomic E-state index is 0.0206. The summed E-state index contributed by atoms with van der Waals surface area (Å²) in [7, 11) is 1.57. The number of rotatable bonds is 10. The van der Waals surface area contributed by atoms with E-state index >= 15 is 0 Å². The van der Waals surface area contributed by atoms with E-state index < -0.39 is 0 Å². The van der Waals surface area contributed by atoms with E-state index in [1.165, 1.54) is 17.3 Å². The Morgan fingerprint density at radius 3 is 2.59 bits per heavy atom. The first-order valence-corrected chi connectivity index (χ1v) is 12.1. The van der Waals surface area contributed by atoms with Gasteiger partial charge in [-0.05, 0) is 42.3 Å². The van der Waals surface area contributed by atoms with E-state index in [4.69, 9.17) is 16.3 Å². The highest BCUT2D eigenvalue weighted by Gasteiger charge is 2.18. The number of ether oxygens (including phenoxy) is 1. The molecule has 174 valence electrons. The number of benzene rings is 3. The van der Waals surface area contributed by atoms with Crippen LogP contribution in [-0.4, -0.2) is 38.5 Å². The minimum atomic E-state index is 0.0206. The summed E-state index contributed by atoms with van der Waals surface area (Å²) in [5.74, 6) is 1.58. The van der Waals surface area contributed by atoms with Crippen molar-refractivity contribution in [3.63, 3.8) is 0 Å². The quantitative estimate of drug-likeness (QED) is 0.296. The normalized spacial score (nSPS) is 10.9. The first-order chi connectivity index (χ1) is 16.5. The second kappa shape index (κ2) is 11.2. The van der Waals surface area contributed by atoms with Crippen LogP contribution >= 0.6 is 23.4 Å². The molecule has 4 rings (SSSR count). The molecule has 0 radical (unpaired) electrons. The number of para-hydroxylation sites is 1. The summed E-state index contributed by atoms with van der Waals surface area (Å²) in [4.78, 5) is 12.8. The molecule has 0 aliphatic heterocycles. The number of hydrogen-bond acceptors (Lipinski definition) is 6. The number of carbonyl (C=O) groups is 1. The zero-order chi connectivity index (χ0) is 23.9. The molecule has 0 saturated heterocycles. The van der Waals surface area contributed by atoms with E-state index in [1.807, 2.05) is 34.9 Å². The SMILES string of the molecule is COc1ccc(Cl)cc1CC(=O)CSc1nnc(-c2ccccc2O)n1CCc1ccccc1. The number of aryl methyl sites for hydroxylation is 1. The lowest BCUT2D eigenvalue weighted by Crippen LogP contribution is -2.10. The van der Waals surface area contributed by atoms with E-state index in [-0.39, 0.29) is 23.7 Å². The number of carbonyl (C=O) groups excluding carboxylic acids is 1. The fourth-order valence-corrected chi connectivity index (χ4v) is 4.66. The fourth-order valence-electron chi connectivity index (χ4n) is 3.64. The predicted molar refractivity (Wildman–Crippen MR) is 135 cm³/mol. The van der Waals surface area contributed by atoms with E-state index in [0.29, 0.717) is 33.9 Å². The zero-order valence-corrected chi connectivity index (χ0v) is 20.2. The van der Waals surface area contributed by atoms with Crippen molar-refractivity contribution in [2.24, 2.45) is 0 Å². The van der Waals surface area contributed by atoms with Crippen molar-refractivity contribution in [3.8, 4) is 22.9 Å². The molecule has 4 aromatic rings. The van der Waals surface area contributed by atoms with Crippen molar-refractivity contribution in [2.75, 3.05) is 12.9 Å². The summed E-state index contributed by atoms with van der Waals surface area (Å²) in [6.07, 6.45) is 0.974. The van der Waals surface area contributed by atoms with Crippen molar-refractivity contribution in [3.05, 3.63) is 88.9 Å². The molecule has 0 unspecified atom stereocenters. The lowest BCUT2D eigenvalue weighted by atomic mass is 10.1. The second-order valence-electron chi connectivity index (χ2n) is 7.67. The minimum Gasteiger partial charge on any atom is -0.507 e. The van der Waals surface area contributed by atoms with Gasteiger partial charge in [0.1, 0.15) is 17.3 Å². The van der Waals surface area contributed by atoms with Crippen LogP contribution in [0.3, 0.4) is 0 Å². The lowest BCUT2D eigenvalue weighted by Gasteiger charge is -2.11. The van der Waals surface area contributed by atoms with Crippen LogP contribution in [0.4, 0.5) is 0 Å². The number of ketones is 1. The number of halogens is 1. The molecule has 0 amide bonds. The molecular formula is C26H24ClN3O3S. The maximum atomic E-state index is 12.8.